The molecule has 2 N–H and O–H groups in total. The lowest BCUT2D eigenvalue weighted by atomic mass is 9.81. The van der Waals surface area contributed by atoms with Gasteiger partial charge in [0.2, 0.25) is 0 Å². The van der Waals surface area contributed by atoms with Crippen LogP contribution in [0, 0.1) is 11.7 Å². The zero-order valence-corrected chi connectivity index (χ0v) is 32.8. The Hall–Kier alpha value is -7.37. The van der Waals surface area contributed by atoms with Gasteiger partial charge in [-0.2, -0.15) is 5.11 Å². The summed E-state index contributed by atoms with van der Waals surface area (Å²) in [6.45, 7) is 2.32. The molecule has 0 fully saturated rings. The number of anilines is 3. The number of rotatable bonds is 11. The summed E-state index contributed by atoms with van der Waals surface area (Å²) in [5.41, 5.74) is 15.0. The maximum atomic E-state index is 13.6. The van der Waals surface area contributed by atoms with Gasteiger partial charge in [-0.15, -0.1) is 5.11 Å². The summed E-state index contributed by atoms with van der Waals surface area (Å²) in [7, 11) is 0. The molecule has 59 heavy (non-hydrogen) atoms. The van der Waals surface area contributed by atoms with Crippen LogP contribution in [0.2, 0.25) is 0 Å². The van der Waals surface area contributed by atoms with Crippen molar-refractivity contribution in [1.82, 2.24) is 0 Å². The molecule has 0 aliphatic heterocycles. The quantitative estimate of drug-likeness (QED) is 0.129. The first kappa shape index (κ1) is 37.2. The molecule has 0 aromatic heterocycles. The van der Waals surface area contributed by atoms with Gasteiger partial charge in [-0.1, -0.05) is 146 Å². The molecule has 5 heteroatoms. The molecule has 0 radical (unpaired) electrons. The Morgan fingerprint density at radius 2 is 1.29 bits per heavy atom. The zero-order chi connectivity index (χ0) is 40.0. The van der Waals surface area contributed by atoms with Gasteiger partial charge in [0.1, 0.15) is 5.82 Å². The first-order chi connectivity index (χ1) is 29.1. The van der Waals surface area contributed by atoms with Crippen LogP contribution in [0.25, 0.3) is 38.6 Å². The maximum Gasteiger partial charge on any atom is 0.123 e. The fourth-order valence-electron chi connectivity index (χ4n) is 8.12. The van der Waals surface area contributed by atoms with Crippen LogP contribution in [-0.4, -0.2) is 0 Å². The fourth-order valence-corrected chi connectivity index (χ4v) is 8.12. The minimum absolute atomic E-state index is 0.300. The lowest BCUT2D eigenvalue weighted by molar-refractivity contribution is 0.628. The highest BCUT2D eigenvalue weighted by atomic mass is 19.1. The minimum Gasteiger partial charge on any atom is -0.355 e. The molecule has 0 bridgehead atoms. The summed E-state index contributed by atoms with van der Waals surface area (Å²) in [4.78, 5) is 0. The first-order valence-corrected chi connectivity index (χ1v) is 20.1. The molecule has 1 aliphatic carbocycles. The number of azo groups is 1. The number of halogens is 1. The van der Waals surface area contributed by atoms with E-state index in [1.807, 2.05) is 18.2 Å². The normalized spacial score (nSPS) is 13.9. The monoisotopic (exact) mass is 766 g/mol. The van der Waals surface area contributed by atoms with Gasteiger partial charge in [0.15, 0.2) is 0 Å². The van der Waals surface area contributed by atoms with Crippen LogP contribution >= 0.6 is 0 Å². The van der Waals surface area contributed by atoms with Gasteiger partial charge in [0.05, 0.1) is 11.4 Å². The van der Waals surface area contributed by atoms with Crippen molar-refractivity contribution >= 4 is 44.8 Å². The predicted molar refractivity (Wildman–Crippen MR) is 244 cm³/mol. The molecule has 0 amide bonds. The molecule has 9 rings (SSSR count). The Balaban J connectivity index is 1.09. The summed E-state index contributed by atoms with van der Waals surface area (Å²) >= 11 is 0. The highest BCUT2D eigenvalue weighted by molar-refractivity contribution is 5.98. The average molecular weight is 767 g/mol. The van der Waals surface area contributed by atoms with Crippen LogP contribution < -0.4 is 10.6 Å². The van der Waals surface area contributed by atoms with E-state index in [4.69, 9.17) is 5.11 Å². The van der Waals surface area contributed by atoms with E-state index in [9.17, 15) is 4.39 Å². The SMILES string of the molecule is CC1CC=CC(Nc2ccccc2)=C1c1ccccc1-c1cccc(Nc2cccc(Cc3ccc4ccccc4c3N=Nc3ccc(F)cc3)c2)c1-c1ccccc1. The fraction of sp³-hybridized carbons (Fsp3) is 0.0741. The van der Waals surface area contributed by atoms with E-state index in [1.54, 1.807) is 12.1 Å². The van der Waals surface area contributed by atoms with Crippen LogP contribution in [0.4, 0.5) is 32.8 Å². The largest absolute Gasteiger partial charge is 0.355 e. The van der Waals surface area contributed by atoms with Crippen LogP contribution in [0.5, 0.6) is 0 Å². The summed E-state index contributed by atoms with van der Waals surface area (Å²) in [6.07, 6.45) is 6.13. The summed E-state index contributed by atoms with van der Waals surface area (Å²) < 4.78 is 13.6. The van der Waals surface area contributed by atoms with E-state index in [0.717, 1.165) is 73.5 Å². The number of hydrogen-bond donors (Lipinski definition) is 2. The molecule has 286 valence electrons. The Morgan fingerprint density at radius 1 is 0.593 bits per heavy atom. The molecule has 0 saturated carbocycles. The van der Waals surface area contributed by atoms with E-state index in [1.165, 1.54) is 28.8 Å². The number of fused-ring (bicyclic) bond motifs is 1. The molecule has 0 heterocycles. The van der Waals surface area contributed by atoms with Crippen LogP contribution in [0.1, 0.15) is 30.0 Å². The molecule has 0 spiro atoms. The number of benzene rings is 8. The molecule has 0 saturated heterocycles. The van der Waals surface area contributed by atoms with Gasteiger partial charge in [0, 0.05) is 33.7 Å². The number of para-hydroxylation sites is 1. The Morgan fingerprint density at radius 3 is 2.12 bits per heavy atom. The second kappa shape index (κ2) is 17.0. The van der Waals surface area contributed by atoms with Crippen molar-refractivity contribution in [3.05, 3.63) is 228 Å². The molecular weight excluding hydrogens is 724 g/mol. The van der Waals surface area contributed by atoms with Gasteiger partial charge >= 0.3 is 0 Å². The van der Waals surface area contributed by atoms with Gasteiger partial charge in [-0.05, 0) is 124 Å². The molecule has 4 nitrogen and oxygen atoms in total. The van der Waals surface area contributed by atoms with Crippen molar-refractivity contribution < 1.29 is 4.39 Å². The van der Waals surface area contributed by atoms with Gasteiger partial charge in [-0.3, -0.25) is 0 Å². The molecule has 1 unspecified atom stereocenters. The molecular formula is C54H43FN4. The van der Waals surface area contributed by atoms with E-state index in [0.29, 0.717) is 18.0 Å². The first-order valence-electron chi connectivity index (χ1n) is 20.1. The zero-order valence-electron chi connectivity index (χ0n) is 32.8. The molecule has 1 aliphatic rings. The Bertz CT molecular complexity index is 2840. The maximum absolute atomic E-state index is 13.6. The van der Waals surface area contributed by atoms with E-state index in [-0.39, 0.29) is 5.82 Å². The van der Waals surface area contributed by atoms with Crippen LogP contribution in [0.3, 0.4) is 0 Å². The van der Waals surface area contributed by atoms with Crippen LogP contribution in [-0.2, 0) is 6.42 Å². The second-order valence-electron chi connectivity index (χ2n) is 15.0. The van der Waals surface area contributed by atoms with Gasteiger partial charge in [0.25, 0.3) is 0 Å². The number of nitrogens with zero attached hydrogens (tertiary/aromatic N) is 2. The lowest BCUT2D eigenvalue weighted by Crippen LogP contribution is -2.11. The van der Waals surface area contributed by atoms with Crippen molar-refractivity contribution in [1.29, 1.82) is 0 Å². The van der Waals surface area contributed by atoms with Crippen molar-refractivity contribution in [2.45, 2.75) is 19.8 Å². The van der Waals surface area contributed by atoms with E-state index < -0.39 is 0 Å². The number of hydrogen-bond acceptors (Lipinski definition) is 4. The molecule has 8 aromatic rings. The second-order valence-corrected chi connectivity index (χ2v) is 15.0. The van der Waals surface area contributed by atoms with Crippen LogP contribution in [0.15, 0.2) is 216 Å². The smallest absolute Gasteiger partial charge is 0.123 e. The molecule has 8 aromatic carbocycles. The van der Waals surface area contributed by atoms with Crippen molar-refractivity contribution in [2.75, 3.05) is 10.6 Å². The number of allylic oxidation sites excluding steroid dienone is 3. The third-order valence-electron chi connectivity index (χ3n) is 10.9. The lowest BCUT2D eigenvalue weighted by Gasteiger charge is -2.26. The van der Waals surface area contributed by atoms with Gasteiger partial charge < -0.3 is 10.6 Å². The predicted octanol–water partition coefficient (Wildman–Crippen LogP) is 15.5. The number of nitrogens with one attached hydrogen (secondary N) is 2. The molecule has 1 atom stereocenters. The Kier molecular flexibility index (Phi) is 10.7. The summed E-state index contributed by atoms with van der Waals surface area (Å²) in [5, 5.41) is 19.0. The van der Waals surface area contributed by atoms with E-state index >= 15 is 0 Å². The third-order valence-corrected chi connectivity index (χ3v) is 10.9. The Labute approximate surface area is 345 Å². The standard InChI is InChI=1S/C54H43FN4/c1-37-15-12-27-50(56-43-20-6-3-7-21-43)52(37)48-25-11-10-24-47(48)49-26-14-28-51(53(49)40-18-4-2-5-19-40)57-45-22-13-16-38(36-45)35-41-30-29-39-17-8-9-23-46(39)54(41)59-58-44-33-31-42(55)32-34-44/h2-14,16-34,36-37,56-57H,15,35H2,1H3. The average Bonchev–Trinajstić information content (AvgIpc) is 3.27. The van der Waals surface area contributed by atoms with E-state index in [2.05, 4.69) is 180 Å². The summed E-state index contributed by atoms with van der Waals surface area (Å²) in [5.74, 6) is 0.0230. The topological polar surface area (TPSA) is 48.8 Å². The van der Waals surface area contributed by atoms with Crippen molar-refractivity contribution in [3.63, 3.8) is 0 Å². The highest BCUT2D eigenvalue weighted by Gasteiger charge is 2.23. The van der Waals surface area contributed by atoms with Gasteiger partial charge in [-0.25, -0.2) is 4.39 Å². The van der Waals surface area contributed by atoms with Crippen molar-refractivity contribution in [2.24, 2.45) is 16.1 Å². The summed E-state index contributed by atoms with van der Waals surface area (Å²) in [6, 6.07) is 63.6. The van der Waals surface area contributed by atoms with Crippen molar-refractivity contribution in [3.8, 4) is 22.3 Å². The third kappa shape index (κ3) is 8.23. The minimum atomic E-state index is -0.300. The highest BCUT2D eigenvalue weighted by Crippen LogP contribution is 2.45.